The summed E-state index contributed by atoms with van der Waals surface area (Å²) in [6.45, 7) is 2.75. The summed E-state index contributed by atoms with van der Waals surface area (Å²) in [6.07, 6.45) is -3.45. The number of nitrogens with zero attached hydrogens (tertiary/aromatic N) is 4. The van der Waals surface area contributed by atoms with Crippen molar-refractivity contribution in [1.82, 2.24) is 15.1 Å². The van der Waals surface area contributed by atoms with Crippen molar-refractivity contribution >= 4 is 35.6 Å². The molecule has 5 nitrogen and oxygen atoms in total. The number of aliphatic imine (C=N–C) groups is 1. The Hall–Kier alpha value is -1.37. The van der Waals surface area contributed by atoms with Crippen molar-refractivity contribution in [3.63, 3.8) is 0 Å². The van der Waals surface area contributed by atoms with Crippen molar-refractivity contribution in [3.05, 3.63) is 29.8 Å². The molecule has 3 rings (SSSR count). The molecule has 2 fully saturated rings. The molecule has 1 N–H and O–H groups in total. The van der Waals surface area contributed by atoms with E-state index < -0.39 is 24.4 Å². The lowest BCUT2D eigenvalue weighted by molar-refractivity contribution is -0.143. The normalized spacial score (nSPS) is 21.0. The summed E-state index contributed by atoms with van der Waals surface area (Å²) in [5.41, 5.74) is 0.253. The molecule has 0 radical (unpaired) electrons. The van der Waals surface area contributed by atoms with Gasteiger partial charge >= 0.3 is 6.18 Å². The predicted molar refractivity (Wildman–Crippen MR) is 118 cm³/mol. The molecule has 1 aromatic rings. The van der Waals surface area contributed by atoms with E-state index in [0.29, 0.717) is 58.2 Å². The number of halogens is 6. The number of alkyl halides is 3. The predicted octanol–water partition coefficient (Wildman–Crippen LogP) is 3.16. The van der Waals surface area contributed by atoms with Gasteiger partial charge in [0.25, 0.3) is 0 Å². The molecule has 2 heterocycles. The van der Waals surface area contributed by atoms with E-state index in [4.69, 9.17) is 0 Å². The van der Waals surface area contributed by atoms with Crippen LogP contribution in [-0.2, 0) is 0 Å². The fraction of sp³-hybridized carbons (Fsp3) is 0.632. The highest BCUT2D eigenvalue weighted by atomic mass is 127. The number of hydrogen-bond acceptors (Lipinski definition) is 3. The van der Waals surface area contributed by atoms with Crippen LogP contribution < -0.4 is 10.2 Å². The standard InChI is InChI=1S/C19H26F5N5.HI/c1-25-18(26-11-14-4-5-27(12-14)13-19(22,23)24)29-8-6-28(7-9-29)17-10-15(20)2-3-16(17)21;/h2-3,10,14H,4-9,11-13H2,1H3,(H,25,26);1H. The molecule has 1 unspecified atom stereocenters. The first-order valence-corrected chi connectivity index (χ1v) is 9.70. The van der Waals surface area contributed by atoms with Gasteiger partial charge in [0.05, 0.1) is 12.2 Å². The molecule has 1 aromatic carbocycles. The van der Waals surface area contributed by atoms with Gasteiger partial charge in [0.15, 0.2) is 5.96 Å². The average Bonchev–Trinajstić information content (AvgIpc) is 3.10. The first-order valence-electron chi connectivity index (χ1n) is 9.70. The Labute approximate surface area is 190 Å². The average molecular weight is 547 g/mol. The molecule has 0 spiro atoms. The van der Waals surface area contributed by atoms with Gasteiger partial charge < -0.3 is 15.1 Å². The topological polar surface area (TPSA) is 34.1 Å². The van der Waals surface area contributed by atoms with Crippen LogP contribution in [0.1, 0.15) is 6.42 Å². The van der Waals surface area contributed by atoms with Crippen LogP contribution >= 0.6 is 24.0 Å². The van der Waals surface area contributed by atoms with E-state index >= 15 is 0 Å². The highest BCUT2D eigenvalue weighted by Gasteiger charge is 2.34. The largest absolute Gasteiger partial charge is 0.401 e. The molecular formula is C19H27F5IN5. The van der Waals surface area contributed by atoms with Crippen molar-refractivity contribution in [1.29, 1.82) is 0 Å². The van der Waals surface area contributed by atoms with Crippen molar-refractivity contribution in [2.24, 2.45) is 10.9 Å². The molecule has 0 aromatic heterocycles. The second-order valence-electron chi connectivity index (χ2n) is 7.50. The van der Waals surface area contributed by atoms with Crippen LogP contribution in [0.4, 0.5) is 27.6 Å². The molecule has 2 saturated heterocycles. The SMILES string of the molecule is CN=C(NCC1CCN(CC(F)(F)F)C1)N1CCN(c2cc(F)ccc2F)CC1.I. The third-order valence-electron chi connectivity index (χ3n) is 5.36. The second-order valence-corrected chi connectivity index (χ2v) is 7.50. The molecular weight excluding hydrogens is 520 g/mol. The van der Waals surface area contributed by atoms with Gasteiger partial charge in [-0.3, -0.25) is 9.89 Å². The maximum atomic E-state index is 14.0. The zero-order chi connectivity index (χ0) is 21.0. The molecule has 0 amide bonds. The number of rotatable bonds is 4. The van der Waals surface area contributed by atoms with Gasteiger partial charge in [-0.25, -0.2) is 8.78 Å². The van der Waals surface area contributed by atoms with Gasteiger partial charge in [-0.1, -0.05) is 0 Å². The lowest BCUT2D eigenvalue weighted by Crippen LogP contribution is -2.53. The number of nitrogens with one attached hydrogen (secondary N) is 1. The van der Waals surface area contributed by atoms with Gasteiger partial charge in [-0.15, -0.1) is 24.0 Å². The molecule has 0 saturated carbocycles. The van der Waals surface area contributed by atoms with E-state index in [1.54, 1.807) is 11.9 Å². The van der Waals surface area contributed by atoms with Crippen molar-refractivity contribution in [2.75, 3.05) is 64.3 Å². The highest BCUT2D eigenvalue weighted by Crippen LogP contribution is 2.23. The molecule has 30 heavy (non-hydrogen) atoms. The zero-order valence-electron chi connectivity index (χ0n) is 16.8. The fourth-order valence-electron chi connectivity index (χ4n) is 3.93. The second kappa shape index (κ2) is 10.8. The minimum absolute atomic E-state index is 0. The first kappa shape index (κ1) is 24.9. The Kier molecular flexibility index (Phi) is 8.95. The van der Waals surface area contributed by atoms with Crippen molar-refractivity contribution in [2.45, 2.75) is 12.6 Å². The van der Waals surface area contributed by atoms with E-state index in [-0.39, 0.29) is 35.6 Å². The fourth-order valence-corrected chi connectivity index (χ4v) is 3.93. The van der Waals surface area contributed by atoms with Crippen LogP contribution in [0.15, 0.2) is 23.2 Å². The van der Waals surface area contributed by atoms with Gasteiger partial charge in [0.2, 0.25) is 0 Å². The van der Waals surface area contributed by atoms with E-state index in [1.165, 1.54) is 11.0 Å². The Balaban J connectivity index is 0.00000320. The smallest absolute Gasteiger partial charge is 0.366 e. The molecule has 0 bridgehead atoms. The van der Waals surface area contributed by atoms with Gasteiger partial charge in [0.1, 0.15) is 11.6 Å². The number of piperazine rings is 1. The molecule has 2 aliphatic heterocycles. The van der Waals surface area contributed by atoms with Gasteiger partial charge in [-0.05, 0) is 31.0 Å². The lowest BCUT2D eigenvalue weighted by Gasteiger charge is -2.38. The lowest BCUT2D eigenvalue weighted by atomic mass is 10.1. The van der Waals surface area contributed by atoms with Crippen molar-refractivity contribution < 1.29 is 22.0 Å². The van der Waals surface area contributed by atoms with E-state index in [0.717, 1.165) is 12.1 Å². The third-order valence-corrected chi connectivity index (χ3v) is 5.36. The van der Waals surface area contributed by atoms with Crippen LogP contribution in [0, 0.1) is 17.6 Å². The van der Waals surface area contributed by atoms with Crippen molar-refractivity contribution in [3.8, 4) is 0 Å². The number of benzene rings is 1. The van der Waals surface area contributed by atoms with Crippen LogP contribution in [-0.4, -0.2) is 81.3 Å². The van der Waals surface area contributed by atoms with Crippen LogP contribution in [0.2, 0.25) is 0 Å². The highest BCUT2D eigenvalue weighted by molar-refractivity contribution is 14.0. The van der Waals surface area contributed by atoms with E-state index in [1.807, 2.05) is 4.90 Å². The van der Waals surface area contributed by atoms with Gasteiger partial charge in [-0.2, -0.15) is 13.2 Å². The summed E-state index contributed by atoms with van der Waals surface area (Å²) in [5, 5.41) is 3.25. The minimum atomic E-state index is -4.17. The Morgan fingerprint density at radius 1 is 1.13 bits per heavy atom. The Bertz CT molecular complexity index is 722. The quantitative estimate of drug-likeness (QED) is 0.272. The van der Waals surface area contributed by atoms with E-state index in [9.17, 15) is 22.0 Å². The van der Waals surface area contributed by atoms with E-state index in [2.05, 4.69) is 10.3 Å². The van der Waals surface area contributed by atoms with Crippen LogP contribution in [0.5, 0.6) is 0 Å². The summed E-state index contributed by atoms with van der Waals surface area (Å²) in [4.78, 5) is 9.52. The molecule has 2 aliphatic rings. The molecule has 1 atom stereocenters. The Morgan fingerprint density at radius 3 is 2.47 bits per heavy atom. The number of anilines is 1. The summed E-state index contributed by atoms with van der Waals surface area (Å²) in [5.74, 6) is -0.111. The summed E-state index contributed by atoms with van der Waals surface area (Å²) >= 11 is 0. The zero-order valence-corrected chi connectivity index (χ0v) is 19.1. The summed E-state index contributed by atoms with van der Waals surface area (Å²) in [6, 6.07) is 3.42. The maximum absolute atomic E-state index is 14.0. The molecule has 11 heteroatoms. The van der Waals surface area contributed by atoms with Crippen LogP contribution in [0.3, 0.4) is 0 Å². The Morgan fingerprint density at radius 2 is 1.83 bits per heavy atom. The van der Waals surface area contributed by atoms with Gasteiger partial charge in [0, 0.05) is 52.4 Å². The monoisotopic (exact) mass is 547 g/mol. The number of likely N-dealkylation sites (tertiary alicyclic amines) is 1. The third kappa shape index (κ3) is 6.82. The summed E-state index contributed by atoms with van der Waals surface area (Å²) < 4.78 is 64.9. The maximum Gasteiger partial charge on any atom is 0.401 e. The first-order chi connectivity index (χ1) is 13.7. The number of guanidine groups is 1. The summed E-state index contributed by atoms with van der Waals surface area (Å²) in [7, 11) is 1.66. The van der Waals surface area contributed by atoms with Crippen LogP contribution in [0.25, 0.3) is 0 Å². The molecule has 170 valence electrons. The molecule has 0 aliphatic carbocycles. The number of hydrogen-bond donors (Lipinski definition) is 1. The minimum Gasteiger partial charge on any atom is -0.366 e.